The first-order chi connectivity index (χ1) is 9.99. The Labute approximate surface area is 120 Å². The maximum absolute atomic E-state index is 12.2. The van der Waals surface area contributed by atoms with Crippen LogP contribution >= 0.6 is 11.5 Å². The van der Waals surface area contributed by atoms with Gasteiger partial charge >= 0.3 is 6.18 Å². The van der Waals surface area contributed by atoms with E-state index >= 15 is 0 Å². The number of rotatable bonds is 4. The van der Waals surface area contributed by atoms with Crippen molar-refractivity contribution < 1.29 is 17.7 Å². The highest BCUT2D eigenvalue weighted by Crippen LogP contribution is 2.18. The number of aromatic nitrogens is 5. The fourth-order valence-electron chi connectivity index (χ4n) is 1.68. The van der Waals surface area contributed by atoms with Gasteiger partial charge in [0.05, 0.1) is 12.1 Å². The Kier molecular flexibility index (Phi) is 3.45. The molecule has 21 heavy (non-hydrogen) atoms. The lowest BCUT2D eigenvalue weighted by molar-refractivity contribution is -0.142. The average Bonchev–Trinajstić information content (AvgIpc) is 3.08. The van der Waals surface area contributed by atoms with E-state index in [9.17, 15) is 13.2 Å². The van der Waals surface area contributed by atoms with Crippen LogP contribution in [0.15, 0.2) is 28.2 Å². The van der Waals surface area contributed by atoms with Crippen molar-refractivity contribution in [2.24, 2.45) is 0 Å². The van der Waals surface area contributed by atoms with Crippen LogP contribution in [0.3, 0.4) is 0 Å². The summed E-state index contributed by atoms with van der Waals surface area (Å²) in [5.74, 6) is 0.622. The largest absolute Gasteiger partial charge is 0.408 e. The van der Waals surface area contributed by atoms with Gasteiger partial charge in [-0.3, -0.25) is 4.68 Å². The van der Waals surface area contributed by atoms with Gasteiger partial charge in [-0.2, -0.15) is 27.6 Å². The summed E-state index contributed by atoms with van der Waals surface area (Å²) in [5, 5.41) is 9.36. The highest BCUT2D eigenvalue weighted by atomic mass is 32.1. The Morgan fingerprint density at radius 1 is 1.29 bits per heavy atom. The van der Waals surface area contributed by atoms with Crippen molar-refractivity contribution >= 4 is 11.5 Å². The van der Waals surface area contributed by atoms with E-state index in [0.29, 0.717) is 17.2 Å². The van der Waals surface area contributed by atoms with E-state index in [-0.39, 0.29) is 12.3 Å². The van der Waals surface area contributed by atoms with Crippen LogP contribution in [-0.2, 0) is 13.0 Å². The normalized spacial score (nSPS) is 12.0. The van der Waals surface area contributed by atoms with Gasteiger partial charge < -0.3 is 4.52 Å². The fourth-order valence-corrected chi connectivity index (χ4v) is 2.19. The highest BCUT2D eigenvalue weighted by molar-refractivity contribution is 7.03. The molecule has 0 saturated carbocycles. The summed E-state index contributed by atoms with van der Waals surface area (Å²) in [5.41, 5.74) is 1.02. The molecule has 0 saturated heterocycles. The van der Waals surface area contributed by atoms with Crippen LogP contribution in [0.4, 0.5) is 13.2 Å². The molecular formula is C11H8F3N5OS. The molecule has 3 heterocycles. The fraction of sp³-hybridized carbons (Fsp3) is 0.273. The van der Waals surface area contributed by atoms with E-state index in [1.54, 1.807) is 11.4 Å². The molecule has 0 unspecified atom stereocenters. The van der Waals surface area contributed by atoms with Gasteiger partial charge in [0.2, 0.25) is 11.7 Å². The molecule has 0 bridgehead atoms. The summed E-state index contributed by atoms with van der Waals surface area (Å²) in [6.07, 6.45) is -2.87. The van der Waals surface area contributed by atoms with Gasteiger partial charge in [-0.1, -0.05) is 5.16 Å². The minimum absolute atomic E-state index is 0.169. The summed E-state index contributed by atoms with van der Waals surface area (Å²) in [7, 11) is 0. The van der Waals surface area contributed by atoms with Gasteiger partial charge in [-0.05, 0) is 23.7 Å². The second kappa shape index (κ2) is 5.28. The third-order valence-corrected chi connectivity index (χ3v) is 3.06. The van der Waals surface area contributed by atoms with Gasteiger partial charge in [-0.25, -0.2) is 0 Å². The summed E-state index contributed by atoms with van der Waals surface area (Å²) in [6, 6.07) is 3.23. The average molecular weight is 315 g/mol. The maximum atomic E-state index is 12.2. The van der Waals surface area contributed by atoms with Crippen molar-refractivity contribution in [1.29, 1.82) is 0 Å². The number of hydrogen-bond acceptors (Lipinski definition) is 6. The predicted octanol–water partition coefficient (Wildman–Crippen LogP) is 2.54. The number of alkyl halides is 3. The van der Waals surface area contributed by atoms with Crippen LogP contribution in [0.25, 0.3) is 11.5 Å². The molecule has 3 aromatic heterocycles. The molecule has 0 N–H and O–H groups in total. The zero-order valence-corrected chi connectivity index (χ0v) is 11.2. The Morgan fingerprint density at radius 2 is 2.14 bits per heavy atom. The molecule has 6 nitrogen and oxygen atoms in total. The SMILES string of the molecule is FC(F)(F)Cn1ccc(Cc2nc(-c3ccsn3)no2)n1. The van der Waals surface area contributed by atoms with E-state index in [2.05, 4.69) is 19.6 Å². The molecule has 110 valence electrons. The summed E-state index contributed by atoms with van der Waals surface area (Å²) < 4.78 is 46.6. The van der Waals surface area contributed by atoms with Crippen molar-refractivity contribution in [2.45, 2.75) is 19.1 Å². The van der Waals surface area contributed by atoms with Crippen LogP contribution in [0, 0.1) is 0 Å². The van der Waals surface area contributed by atoms with E-state index < -0.39 is 12.7 Å². The summed E-state index contributed by atoms with van der Waals surface area (Å²) >= 11 is 1.26. The molecule has 0 aliphatic rings. The molecule has 0 aliphatic carbocycles. The van der Waals surface area contributed by atoms with E-state index in [0.717, 1.165) is 4.68 Å². The van der Waals surface area contributed by atoms with Gasteiger partial charge in [0, 0.05) is 11.6 Å². The summed E-state index contributed by atoms with van der Waals surface area (Å²) in [6.45, 7) is -1.12. The Bertz CT molecular complexity index is 718. The van der Waals surface area contributed by atoms with Crippen molar-refractivity contribution in [2.75, 3.05) is 0 Å². The van der Waals surface area contributed by atoms with Gasteiger partial charge in [0.25, 0.3) is 0 Å². The lowest BCUT2D eigenvalue weighted by Crippen LogP contribution is -2.18. The zero-order chi connectivity index (χ0) is 14.9. The standard InChI is InChI=1S/C11H8F3N5OS/c12-11(13,14)6-19-3-1-7(16-19)5-9-15-10(17-20-9)8-2-4-21-18-8/h1-4H,5-6H2. The second-order valence-electron chi connectivity index (χ2n) is 4.19. The van der Waals surface area contributed by atoms with Crippen molar-refractivity contribution in [3.05, 3.63) is 35.3 Å². The quantitative estimate of drug-likeness (QED) is 0.740. The monoisotopic (exact) mass is 315 g/mol. The van der Waals surface area contributed by atoms with Crippen molar-refractivity contribution in [3.8, 4) is 11.5 Å². The lowest BCUT2D eigenvalue weighted by Gasteiger charge is -2.05. The molecule has 0 atom stereocenters. The topological polar surface area (TPSA) is 69.6 Å². The Morgan fingerprint density at radius 3 is 2.86 bits per heavy atom. The molecule has 0 spiro atoms. The lowest BCUT2D eigenvalue weighted by atomic mass is 10.3. The molecule has 0 amide bonds. The number of nitrogens with zero attached hydrogens (tertiary/aromatic N) is 5. The Hall–Kier alpha value is -2.23. The van der Waals surface area contributed by atoms with Crippen LogP contribution in [0.1, 0.15) is 11.6 Å². The molecule has 0 aliphatic heterocycles. The van der Waals surface area contributed by atoms with Crippen LogP contribution in [-0.4, -0.2) is 30.5 Å². The third kappa shape index (κ3) is 3.45. The van der Waals surface area contributed by atoms with Crippen molar-refractivity contribution in [1.82, 2.24) is 24.3 Å². The highest BCUT2D eigenvalue weighted by Gasteiger charge is 2.28. The smallest absolute Gasteiger partial charge is 0.338 e. The molecule has 3 rings (SSSR count). The first kappa shape index (κ1) is 13.7. The zero-order valence-electron chi connectivity index (χ0n) is 10.4. The van der Waals surface area contributed by atoms with Gasteiger partial charge in [-0.15, -0.1) is 0 Å². The molecule has 10 heteroatoms. The molecule has 0 aromatic carbocycles. The number of hydrogen-bond donors (Lipinski definition) is 0. The van der Waals surface area contributed by atoms with Crippen molar-refractivity contribution in [3.63, 3.8) is 0 Å². The predicted molar refractivity (Wildman–Crippen MR) is 66.5 cm³/mol. The Balaban J connectivity index is 1.70. The van der Waals surface area contributed by atoms with E-state index in [4.69, 9.17) is 4.52 Å². The minimum atomic E-state index is -4.30. The van der Waals surface area contributed by atoms with Crippen LogP contribution in [0.2, 0.25) is 0 Å². The second-order valence-corrected chi connectivity index (χ2v) is 4.86. The van der Waals surface area contributed by atoms with Gasteiger partial charge in [0.1, 0.15) is 12.2 Å². The third-order valence-electron chi connectivity index (χ3n) is 2.50. The summed E-state index contributed by atoms with van der Waals surface area (Å²) in [4.78, 5) is 4.13. The van der Waals surface area contributed by atoms with E-state index in [1.165, 1.54) is 23.8 Å². The van der Waals surface area contributed by atoms with Crippen LogP contribution < -0.4 is 0 Å². The first-order valence-corrected chi connectivity index (χ1v) is 6.66. The maximum Gasteiger partial charge on any atom is 0.408 e. The van der Waals surface area contributed by atoms with Crippen LogP contribution in [0.5, 0.6) is 0 Å². The molecule has 0 radical (unpaired) electrons. The van der Waals surface area contributed by atoms with E-state index in [1.807, 2.05) is 0 Å². The molecule has 0 fully saturated rings. The minimum Gasteiger partial charge on any atom is -0.338 e. The number of halogens is 3. The molecular weight excluding hydrogens is 307 g/mol. The molecule has 3 aromatic rings. The first-order valence-electron chi connectivity index (χ1n) is 5.82. The van der Waals surface area contributed by atoms with Gasteiger partial charge in [0.15, 0.2) is 0 Å².